The largest absolute Gasteiger partial charge is 0.311 e. The Labute approximate surface area is 291 Å². The van der Waals surface area contributed by atoms with E-state index in [0.717, 1.165) is 39.2 Å². The molecule has 0 unspecified atom stereocenters. The fourth-order valence-corrected chi connectivity index (χ4v) is 6.89. The molecule has 0 saturated heterocycles. The van der Waals surface area contributed by atoms with Crippen LogP contribution in [-0.4, -0.2) is 14.5 Å². The number of anilines is 3. The molecule has 0 N–H and O–H groups in total. The lowest BCUT2D eigenvalue weighted by molar-refractivity contribution is 0.988. The van der Waals surface area contributed by atoms with E-state index in [2.05, 4.69) is 195 Å². The number of nitrogens with zero attached hydrogens (tertiary/aromatic N) is 4. The van der Waals surface area contributed by atoms with E-state index in [0.29, 0.717) is 5.95 Å². The van der Waals surface area contributed by atoms with Crippen molar-refractivity contribution in [2.45, 2.75) is 0 Å². The minimum atomic E-state index is 0.671. The summed E-state index contributed by atoms with van der Waals surface area (Å²) in [6, 6.07) is 64.6. The number of hydrogen-bond acceptors (Lipinski definition) is 3. The van der Waals surface area contributed by atoms with Crippen LogP contribution in [-0.2, 0) is 0 Å². The first-order valence-electron chi connectivity index (χ1n) is 16.8. The summed E-state index contributed by atoms with van der Waals surface area (Å²) < 4.78 is 2.14. The van der Waals surface area contributed by atoms with E-state index in [4.69, 9.17) is 0 Å². The fourth-order valence-electron chi connectivity index (χ4n) is 6.89. The molecule has 0 bridgehead atoms. The van der Waals surface area contributed by atoms with Gasteiger partial charge >= 0.3 is 0 Å². The van der Waals surface area contributed by atoms with Crippen LogP contribution < -0.4 is 4.90 Å². The molecule has 7 aromatic carbocycles. The van der Waals surface area contributed by atoms with E-state index in [9.17, 15) is 0 Å². The lowest BCUT2D eigenvalue weighted by Crippen LogP contribution is -2.09. The Balaban J connectivity index is 1.10. The van der Waals surface area contributed by atoms with Crippen LogP contribution in [0.15, 0.2) is 194 Å². The van der Waals surface area contributed by atoms with Gasteiger partial charge in [-0.05, 0) is 94.0 Å². The van der Waals surface area contributed by atoms with Gasteiger partial charge in [-0.25, -0.2) is 9.97 Å². The van der Waals surface area contributed by atoms with Crippen molar-refractivity contribution in [3.8, 4) is 39.3 Å². The predicted molar refractivity (Wildman–Crippen MR) is 207 cm³/mol. The second-order valence-corrected chi connectivity index (χ2v) is 12.3. The first-order chi connectivity index (χ1) is 24.8. The van der Waals surface area contributed by atoms with Crippen LogP contribution in [0.2, 0.25) is 0 Å². The quantitative estimate of drug-likeness (QED) is 0.174. The molecule has 4 heteroatoms. The Hall–Kier alpha value is -6.78. The molecule has 0 radical (unpaired) electrons. The normalized spacial score (nSPS) is 11.2. The lowest BCUT2D eigenvalue weighted by atomic mass is 10.0. The smallest absolute Gasteiger partial charge is 0.234 e. The van der Waals surface area contributed by atoms with Gasteiger partial charge in [0.05, 0.1) is 11.0 Å². The summed E-state index contributed by atoms with van der Waals surface area (Å²) in [6.45, 7) is 0. The first-order valence-corrected chi connectivity index (χ1v) is 16.8. The summed E-state index contributed by atoms with van der Waals surface area (Å²) in [5, 5.41) is 2.35. The molecule has 2 aromatic heterocycles. The minimum Gasteiger partial charge on any atom is -0.311 e. The van der Waals surface area contributed by atoms with Crippen molar-refractivity contribution in [2.24, 2.45) is 0 Å². The van der Waals surface area contributed by atoms with Crippen molar-refractivity contribution in [1.82, 2.24) is 14.5 Å². The van der Waals surface area contributed by atoms with E-state index in [1.54, 1.807) is 12.4 Å². The molecule has 236 valence electrons. The number of rotatable bonds is 7. The predicted octanol–water partition coefficient (Wildman–Crippen LogP) is 12.0. The van der Waals surface area contributed by atoms with Crippen molar-refractivity contribution < 1.29 is 0 Å². The molecular weight excluding hydrogens is 609 g/mol. The van der Waals surface area contributed by atoms with Gasteiger partial charge in [0.2, 0.25) is 5.95 Å². The number of hydrogen-bond donors (Lipinski definition) is 0. The Morgan fingerprint density at radius 2 is 0.760 bits per heavy atom. The van der Waals surface area contributed by atoms with Crippen molar-refractivity contribution in [1.29, 1.82) is 0 Å². The van der Waals surface area contributed by atoms with Crippen molar-refractivity contribution in [3.63, 3.8) is 0 Å². The zero-order chi connectivity index (χ0) is 33.3. The van der Waals surface area contributed by atoms with Crippen LogP contribution in [0.4, 0.5) is 17.1 Å². The minimum absolute atomic E-state index is 0.671. The zero-order valence-electron chi connectivity index (χ0n) is 27.3. The Bertz CT molecular complexity index is 2460. The molecule has 0 saturated carbocycles. The van der Waals surface area contributed by atoms with E-state index in [1.807, 2.05) is 6.07 Å². The lowest BCUT2D eigenvalue weighted by Gasteiger charge is -2.26. The number of fused-ring (bicyclic) bond motifs is 3. The van der Waals surface area contributed by atoms with Crippen molar-refractivity contribution >= 4 is 38.9 Å². The van der Waals surface area contributed by atoms with E-state index < -0.39 is 0 Å². The topological polar surface area (TPSA) is 34.0 Å². The molecule has 0 aliphatic rings. The molecule has 9 rings (SSSR count). The van der Waals surface area contributed by atoms with Crippen molar-refractivity contribution in [3.05, 3.63) is 194 Å². The van der Waals surface area contributed by atoms with E-state index in [1.165, 1.54) is 33.0 Å². The first kappa shape index (κ1) is 29.4. The van der Waals surface area contributed by atoms with Gasteiger partial charge in [-0.3, -0.25) is 4.57 Å². The molecule has 0 aliphatic carbocycles. The van der Waals surface area contributed by atoms with E-state index >= 15 is 0 Å². The molecule has 0 fully saturated rings. The molecule has 0 spiro atoms. The third-order valence-corrected chi connectivity index (χ3v) is 9.35. The molecular formula is C46H32N4. The molecule has 9 aromatic rings. The highest BCUT2D eigenvalue weighted by Crippen LogP contribution is 2.39. The summed E-state index contributed by atoms with van der Waals surface area (Å²) >= 11 is 0. The van der Waals surface area contributed by atoms with Gasteiger partial charge in [-0.2, -0.15) is 0 Å². The Morgan fingerprint density at radius 3 is 1.30 bits per heavy atom. The highest BCUT2D eigenvalue weighted by atomic mass is 15.2. The van der Waals surface area contributed by atoms with Crippen LogP contribution >= 0.6 is 0 Å². The van der Waals surface area contributed by atoms with Gasteiger partial charge in [0.15, 0.2) is 0 Å². The second kappa shape index (κ2) is 12.7. The summed E-state index contributed by atoms with van der Waals surface area (Å²) in [6.07, 6.45) is 3.58. The summed E-state index contributed by atoms with van der Waals surface area (Å²) in [5.74, 6) is 0.671. The number of aromatic nitrogens is 3. The van der Waals surface area contributed by atoms with Gasteiger partial charge in [0.25, 0.3) is 0 Å². The van der Waals surface area contributed by atoms with Gasteiger partial charge in [0.1, 0.15) is 0 Å². The Morgan fingerprint density at radius 1 is 0.340 bits per heavy atom. The maximum atomic E-state index is 4.57. The molecule has 50 heavy (non-hydrogen) atoms. The van der Waals surface area contributed by atoms with Gasteiger partial charge in [0, 0.05) is 40.2 Å². The van der Waals surface area contributed by atoms with Gasteiger partial charge < -0.3 is 4.90 Å². The molecule has 0 atom stereocenters. The Kier molecular flexibility index (Phi) is 7.45. The summed E-state index contributed by atoms with van der Waals surface area (Å²) in [7, 11) is 0. The van der Waals surface area contributed by atoms with Gasteiger partial charge in [-0.15, -0.1) is 0 Å². The maximum Gasteiger partial charge on any atom is 0.234 e. The second-order valence-electron chi connectivity index (χ2n) is 12.3. The standard InChI is InChI=1S/C46H32N4/c1-3-10-33(11-4-1)35-16-23-39(24-17-35)49(40-25-18-36(19-26-40)34-12-5-2-6-13-34)41-27-20-37(21-28-41)38-22-29-45-43(32-38)42-14-7-8-15-44(42)50(45)46-47-30-9-31-48-46/h1-32H. The van der Waals surface area contributed by atoms with Crippen LogP contribution in [0.3, 0.4) is 0 Å². The van der Waals surface area contributed by atoms with Crippen LogP contribution in [0.1, 0.15) is 0 Å². The van der Waals surface area contributed by atoms with Crippen LogP contribution in [0.5, 0.6) is 0 Å². The average molecular weight is 641 g/mol. The maximum absolute atomic E-state index is 4.57. The highest BCUT2D eigenvalue weighted by molar-refractivity contribution is 6.10. The highest BCUT2D eigenvalue weighted by Gasteiger charge is 2.16. The van der Waals surface area contributed by atoms with Crippen LogP contribution in [0, 0.1) is 0 Å². The van der Waals surface area contributed by atoms with Gasteiger partial charge in [-0.1, -0.05) is 121 Å². The van der Waals surface area contributed by atoms with Crippen molar-refractivity contribution in [2.75, 3.05) is 4.90 Å². The van der Waals surface area contributed by atoms with Crippen LogP contribution in [0.25, 0.3) is 61.1 Å². The third kappa shape index (κ3) is 5.39. The zero-order valence-corrected chi connectivity index (χ0v) is 27.3. The number of para-hydroxylation sites is 1. The molecule has 2 heterocycles. The average Bonchev–Trinajstić information content (AvgIpc) is 3.53. The molecule has 0 aliphatic heterocycles. The summed E-state index contributed by atoms with van der Waals surface area (Å²) in [5.41, 5.74) is 12.6. The summed E-state index contributed by atoms with van der Waals surface area (Å²) in [4.78, 5) is 11.5. The molecule has 0 amide bonds. The third-order valence-electron chi connectivity index (χ3n) is 9.35. The number of benzene rings is 7. The SMILES string of the molecule is c1ccc(-c2ccc(N(c3ccc(-c4ccccc4)cc3)c3ccc(-c4ccc5c(c4)c4ccccc4n5-c4ncccn4)cc3)cc2)cc1. The fraction of sp³-hybridized carbons (Fsp3) is 0. The monoisotopic (exact) mass is 640 g/mol. The van der Waals surface area contributed by atoms with E-state index in [-0.39, 0.29) is 0 Å². The molecule has 4 nitrogen and oxygen atoms in total.